The van der Waals surface area contributed by atoms with Crippen LogP contribution in [0.5, 0.6) is 0 Å². The SMILES string of the molecule is O=C(O)CC(CNC(=O)OCc1ccccc1)C1CCCCC1. The molecule has 23 heavy (non-hydrogen) atoms. The molecule has 1 aromatic carbocycles. The molecule has 0 heterocycles. The van der Waals surface area contributed by atoms with Crippen LogP contribution in [0.15, 0.2) is 30.3 Å². The monoisotopic (exact) mass is 319 g/mol. The number of carboxylic acids is 1. The predicted octanol–water partition coefficient (Wildman–Crippen LogP) is 3.58. The normalized spacial score (nSPS) is 16.5. The number of amides is 1. The molecule has 0 radical (unpaired) electrons. The van der Waals surface area contributed by atoms with Gasteiger partial charge in [-0.15, -0.1) is 0 Å². The molecule has 1 saturated carbocycles. The number of rotatable bonds is 7. The van der Waals surface area contributed by atoms with E-state index in [1.807, 2.05) is 30.3 Å². The molecular weight excluding hydrogens is 294 g/mol. The van der Waals surface area contributed by atoms with E-state index in [0.717, 1.165) is 31.2 Å². The van der Waals surface area contributed by atoms with Gasteiger partial charge in [0.1, 0.15) is 6.61 Å². The van der Waals surface area contributed by atoms with Crippen LogP contribution in [0, 0.1) is 11.8 Å². The topological polar surface area (TPSA) is 75.6 Å². The summed E-state index contributed by atoms with van der Waals surface area (Å²) in [6.07, 6.45) is 5.25. The number of aliphatic carboxylic acids is 1. The van der Waals surface area contributed by atoms with Crippen LogP contribution in [-0.4, -0.2) is 23.7 Å². The number of carbonyl (C=O) groups excluding carboxylic acids is 1. The number of ether oxygens (including phenoxy) is 1. The van der Waals surface area contributed by atoms with Gasteiger partial charge in [-0.2, -0.15) is 0 Å². The average molecular weight is 319 g/mol. The van der Waals surface area contributed by atoms with Crippen molar-refractivity contribution in [1.29, 1.82) is 0 Å². The highest BCUT2D eigenvalue weighted by molar-refractivity contribution is 5.68. The van der Waals surface area contributed by atoms with Crippen molar-refractivity contribution in [3.05, 3.63) is 35.9 Å². The van der Waals surface area contributed by atoms with Crippen molar-refractivity contribution in [2.75, 3.05) is 6.54 Å². The fourth-order valence-electron chi connectivity index (χ4n) is 3.22. The minimum atomic E-state index is -0.806. The molecule has 1 aliphatic carbocycles. The standard InChI is InChI=1S/C18H25NO4/c20-17(21)11-16(15-9-5-2-6-10-15)12-19-18(22)23-13-14-7-3-1-4-8-14/h1,3-4,7-8,15-16H,2,5-6,9-13H2,(H,19,22)(H,20,21). The summed E-state index contributed by atoms with van der Waals surface area (Å²) in [6, 6.07) is 9.47. The third kappa shape index (κ3) is 6.30. The molecule has 5 heteroatoms. The summed E-state index contributed by atoms with van der Waals surface area (Å²) in [5.41, 5.74) is 0.928. The summed E-state index contributed by atoms with van der Waals surface area (Å²) < 4.78 is 5.17. The van der Waals surface area contributed by atoms with Gasteiger partial charge in [-0.05, 0) is 17.4 Å². The lowest BCUT2D eigenvalue weighted by atomic mass is 9.78. The van der Waals surface area contributed by atoms with Crippen molar-refractivity contribution in [2.45, 2.75) is 45.1 Å². The molecule has 1 fully saturated rings. The molecule has 0 aliphatic heterocycles. The number of alkyl carbamates (subject to hydrolysis) is 1. The lowest BCUT2D eigenvalue weighted by Crippen LogP contribution is -2.35. The minimum absolute atomic E-state index is 0.0166. The molecule has 1 aromatic rings. The van der Waals surface area contributed by atoms with Gasteiger partial charge in [-0.25, -0.2) is 4.79 Å². The van der Waals surface area contributed by atoms with Gasteiger partial charge >= 0.3 is 12.1 Å². The Morgan fingerprint density at radius 2 is 1.87 bits per heavy atom. The van der Waals surface area contributed by atoms with E-state index in [4.69, 9.17) is 9.84 Å². The molecule has 1 amide bonds. The van der Waals surface area contributed by atoms with Gasteiger partial charge in [0, 0.05) is 6.54 Å². The van der Waals surface area contributed by atoms with Gasteiger partial charge in [0.05, 0.1) is 6.42 Å². The fraction of sp³-hybridized carbons (Fsp3) is 0.556. The lowest BCUT2D eigenvalue weighted by Gasteiger charge is -2.29. The Hall–Kier alpha value is -2.04. The van der Waals surface area contributed by atoms with Crippen LogP contribution in [0.1, 0.15) is 44.1 Å². The van der Waals surface area contributed by atoms with E-state index in [9.17, 15) is 9.59 Å². The Morgan fingerprint density at radius 3 is 2.52 bits per heavy atom. The molecule has 2 rings (SSSR count). The van der Waals surface area contributed by atoms with Crippen molar-refractivity contribution in [3.8, 4) is 0 Å². The number of hydrogen-bond donors (Lipinski definition) is 2. The molecule has 1 unspecified atom stereocenters. The maximum Gasteiger partial charge on any atom is 0.407 e. The molecule has 1 atom stereocenters. The van der Waals surface area contributed by atoms with Crippen molar-refractivity contribution >= 4 is 12.1 Å². The number of hydrogen-bond acceptors (Lipinski definition) is 3. The zero-order valence-electron chi connectivity index (χ0n) is 13.4. The molecule has 0 saturated heterocycles. The van der Waals surface area contributed by atoms with Gasteiger partial charge in [0.2, 0.25) is 0 Å². The predicted molar refractivity (Wildman–Crippen MR) is 86.9 cm³/mol. The summed E-state index contributed by atoms with van der Waals surface area (Å²) >= 11 is 0. The largest absolute Gasteiger partial charge is 0.481 e. The molecule has 2 N–H and O–H groups in total. The van der Waals surface area contributed by atoms with E-state index in [1.165, 1.54) is 6.42 Å². The van der Waals surface area contributed by atoms with Crippen molar-refractivity contribution in [3.63, 3.8) is 0 Å². The third-order valence-electron chi connectivity index (χ3n) is 4.47. The van der Waals surface area contributed by atoms with Gasteiger partial charge in [-0.3, -0.25) is 4.79 Å². The maximum absolute atomic E-state index is 11.8. The number of benzene rings is 1. The van der Waals surface area contributed by atoms with Crippen molar-refractivity contribution < 1.29 is 19.4 Å². The van der Waals surface area contributed by atoms with Gasteiger partial charge < -0.3 is 15.2 Å². The van der Waals surface area contributed by atoms with Crippen LogP contribution in [0.4, 0.5) is 4.79 Å². The number of carbonyl (C=O) groups is 2. The fourth-order valence-corrected chi connectivity index (χ4v) is 3.22. The zero-order chi connectivity index (χ0) is 16.5. The average Bonchev–Trinajstić information content (AvgIpc) is 2.58. The Balaban J connectivity index is 1.77. The molecule has 0 aromatic heterocycles. The van der Waals surface area contributed by atoms with Crippen LogP contribution < -0.4 is 5.32 Å². The van der Waals surface area contributed by atoms with E-state index >= 15 is 0 Å². The van der Waals surface area contributed by atoms with Gasteiger partial charge in [0.15, 0.2) is 0 Å². The van der Waals surface area contributed by atoms with E-state index in [1.54, 1.807) is 0 Å². The quantitative estimate of drug-likeness (QED) is 0.805. The second-order valence-corrected chi connectivity index (χ2v) is 6.20. The molecule has 126 valence electrons. The van der Waals surface area contributed by atoms with Gasteiger partial charge in [0.25, 0.3) is 0 Å². The molecule has 0 spiro atoms. The number of carboxylic acid groups (broad SMARTS) is 1. The summed E-state index contributed by atoms with van der Waals surface area (Å²) in [6.45, 7) is 0.588. The highest BCUT2D eigenvalue weighted by atomic mass is 16.5. The van der Waals surface area contributed by atoms with E-state index in [2.05, 4.69) is 5.32 Å². The first kappa shape index (κ1) is 17.3. The Labute approximate surface area is 137 Å². The summed E-state index contributed by atoms with van der Waals surface area (Å²) in [5, 5.41) is 11.8. The van der Waals surface area contributed by atoms with E-state index in [0.29, 0.717) is 12.5 Å². The van der Waals surface area contributed by atoms with Crippen LogP contribution in [0.25, 0.3) is 0 Å². The highest BCUT2D eigenvalue weighted by Gasteiger charge is 2.26. The highest BCUT2D eigenvalue weighted by Crippen LogP contribution is 2.31. The molecule has 0 bridgehead atoms. The smallest absolute Gasteiger partial charge is 0.407 e. The van der Waals surface area contributed by atoms with E-state index < -0.39 is 12.1 Å². The van der Waals surface area contributed by atoms with Gasteiger partial charge in [-0.1, -0.05) is 62.4 Å². The first-order valence-corrected chi connectivity index (χ1v) is 8.31. The second-order valence-electron chi connectivity index (χ2n) is 6.20. The minimum Gasteiger partial charge on any atom is -0.481 e. The molecule has 5 nitrogen and oxygen atoms in total. The van der Waals surface area contributed by atoms with Crippen LogP contribution in [0.2, 0.25) is 0 Å². The van der Waals surface area contributed by atoms with Crippen molar-refractivity contribution in [2.24, 2.45) is 11.8 Å². The third-order valence-corrected chi connectivity index (χ3v) is 4.47. The molecular formula is C18H25NO4. The maximum atomic E-state index is 11.8. The summed E-state index contributed by atoms with van der Waals surface area (Å²) in [4.78, 5) is 22.9. The first-order chi connectivity index (χ1) is 11.1. The Kier molecular flexibility index (Phi) is 6.91. The number of nitrogens with one attached hydrogen (secondary N) is 1. The summed E-state index contributed by atoms with van der Waals surface area (Å²) in [5.74, 6) is -0.439. The lowest BCUT2D eigenvalue weighted by molar-refractivity contribution is -0.138. The van der Waals surface area contributed by atoms with Crippen LogP contribution in [0.3, 0.4) is 0 Å². The Bertz CT molecular complexity index is 497. The van der Waals surface area contributed by atoms with Crippen LogP contribution >= 0.6 is 0 Å². The zero-order valence-corrected chi connectivity index (χ0v) is 13.4. The summed E-state index contributed by atoms with van der Waals surface area (Å²) in [7, 11) is 0. The first-order valence-electron chi connectivity index (χ1n) is 8.31. The molecule has 1 aliphatic rings. The van der Waals surface area contributed by atoms with E-state index in [-0.39, 0.29) is 18.9 Å². The second kappa shape index (κ2) is 9.18. The van der Waals surface area contributed by atoms with Crippen molar-refractivity contribution in [1.82, 2.24) is 5.32 Å². The van der Waals surface area contributed by atoms with Crippen LogP contribution in [-0.2, 0) is 16.1 Å². The Morgan fingerprint density at radius 1 is 1.17 bits per heavy atom.